The minimum atomic E-state index is -0.484. The summed E-state index contributed by atoms with van der Waals surface area (Å²) in [5, 5.41) is 3.09. The van der Waals surface area contributed by atoms with Crippen LogP contribution in [0.3, 0.4) is 0 Å². The Labute approximate surface area is 139 Å². The molecule has 1 fully saturated rings. The highest BCUT2D eigenvalue weighted by atomic mass is 16.6. The average Bonchev–Trinajstić information content (AvgIpc) is 2.80. The van der Waals surface area contributed by atoms with Gasteiger partial charge in [0.15, 0.2) is 0 Å². The van der Waals surface area contributed by atoms with Gasteiger partial charge in [0, 0.05) is 19.6 Å². The van der Waals surface area contributed by atoms with E-state index in [1.54, 1.807) is 0 Å². The Morgan fingerprint density at radius 2 is 2.09 bits per heavy atom. The molecule has 1 aromatic rings. The summed E-state index contributed by atoms with van der Waals surface area (Å²) in [5.41, 5.74) is 0.528. The van der Waals surface area contributed by atoms with Crippen molar-refractivity contribution in [3.63, 3.8) is 0 Å². The van der Waals surface area contributed by atoms with E-state index in [9.17, 15) is 4.79 Å². The van der Waals surface area contributed by atoms with E-state index in [0.29, 0.717) is 0 Å². The number of rotatable bonds is 5. The molecule has 4 nitrogen and oxygen atoms in total. The van der Waals surface area contributed by atoms with Gasteiger partial charge in [0.1, 0.15) is 5.60 Å². The van der Waals surface area contributed by atoms with Gasteiger partial charge in [-0.15, -0.1) is 6.58 Å². The van der Waals surface area contributed by atoms with Gasteiger partial charge in [-0.05, 0) is 39.2 Å². The van der Waals surface area contributed by atoms with Crippen LogP contribution in [0.4, 0.5) is 4.79 Å². The zero-order chi connectivity index (χ0) is 16.9. The molecule has 1 atom stereocenters. The van der Waals surface area contributed by atoms with Crippen molar-refractivity contribution in [1.82, 2.24) is 10.2 Å². The van der Waals surface area contributed by atoms with Gasteiger partial charge < -0.3 is 10.1 Å². The smallest absolute Gasteiger partial charge is 0.408 e. The van der Waals surface area contributed by atoms with Crippen LogP contribution >= 0.6 is 0 Å². The first-order valence-corrected chi connectivity index (χ1v) is 8.20. The quantitative estimate of drug-likeness (QED) is 0.842. The topological polar surface area (TPSA) is 41.6 Å². The standard InChI is InChI=1S/C19H28N2O2/c1-5-11-19(20-17(22)23-18(2,3)4)12-13-21(15-19)14-16-9-7-6-8-10-16/h5-10H,1,11-15H2,2-4H3,(H,20,22)/t19-/m1/s1. The molecule has 0 aliphatic carbocycles. The molecule has 1 aromatic carbocycles. The second-order valence-corrected chi connectivity index (χ2v) is 7.35. The third-order valence-corrected chi connectivity index (χ3v) is 3.98. The van der Waals surface area contributed by atoms with Crippen LogP contribution in [0, 0.1) is 0 Å². The van der Waals surface area contributed by atoms with E-state index in [4.69, 9.17) is 4.74 Å². The predicted octanol–water partition coefficient (Wildman–Crippen LogP) is 3.73. The van der Waals surface area contributed by atoms with Gasteiger partial charge in [0.25, 0.3) is 0 Å². The van der Waals surface area contributed by atoms with Crippen molar-refractivity contribution >= 4 is 6.09 Å². The molecule has 0 aromatic heterocycles. The number of benzene rings is 1. The van der Waals surface area contributed by atoms with E-state index in [1.807, 2.05) is 32.9 Å². The molecule has 2 rings (SSSR count). The van der Waals surface area contributed by atoms with Crippen LogP contribution in [0.25, 0.3) is 0 Å². The lowest BCUT2D eigenvalue weighted by Gasteiger charge is -2.31. The SMILES string of the molecule is C=CC[C@@]1(NC(=O)OC(C)(C)C)CCN(Cc2ccccc2)C1. The summed E-state index contributed by atoms with van der Waals surface area (Å²) in [5.74, 6) is 0. The molecule has 0 spiro atoms. The lowest BCUT2D eigenvalue weighted by atomic mass is 9.94. The minimum Gasteiger partial charge on any atom is -0.444 e. The number of likely N-dealkylation sites (tertiary alicyclic amines) is 1. The molecular formula is C19H28N2O2. The fourth-order valence-corrected chi connectivity index (χ4v) is 3.05. The fourth-order valence-electron chi connectivity index (χ4n) is 3.05. The molecule has 1 heterocycles. The Kier molecular flexibility index (Phi) is 5.47. The maximum Gasteiger partial charge on any atom is 0.408 e. The first kappa shape index (κ1) is 17.5. The molecule has 1 saturated heterocycles. The second kappa shape index (κ2) is 7.18. The molecule has 23 heavy (non-hydrogen) atoms. The summed E-state index contributed by atoms with van der Waals surface area (Å²) < 4.78 is 5.42. The molecule has 4 heteroatoms. The zero-order valence-corrected chi connectivity index (χ0v) is 14.5. The van der Waals surface area contributed by atoms with E-state index in [-0.39, 0.29) is 11.6 Å². The second-order valence-electron chi connectivity index (χ2n) is 7.35. The number of carbonyl (C=O) groups is 1. The fraction of sp³-hybridized carbons (Fsp3) is 0.526. The van der Waals surface area contributed by atoms with Crippen molar-refractivity contribution < 1.29 is 9.53 Å². The number of carbonyl (C=O) groups excluding carboxylic acids is 1. The van der Waals surface area contributed by atoms with Gasteiger partial charge in [-0.2, -0.15) is 0 Å². The zero-order valence-electron chi connectivity index (χ0n) is 14.5. The number of hydrogen-bond acceptors (Lipinski definition) is 3. The van der Waals surface area contributed by atoms with E-state index in [1.165, 1.54) is 5.56 Å². The largest absolute Gasteiger partial charge is 0.444 e. The first-order chi connectivity index (χ1) is 10.8. The van der Waals surface area contributed by atoms with Crippen molar-refractivity contribution in [2.75, 3.05) is 13.1 Å². The van der Waals surface area contributed by atoms with Crippen molar-refractivity contribution in [1.29, 1.82) is 0 Å². The molecule has 0 saturated carbocycles. The molecule has 1 amide bonds. The molecule has 0 unspecified atom stereocenters. The van der Waals surface area contributed by atoms with Crippen LogP contribution in [0.5, 0.6) is 0 Å². The van der Waals surface area contributed by atoms with Crippen LogP contribution in [0.1, 0.15) is 39.2 Å². The third kappa shape index (κ3) is 5.39. The molecule has 1 N–H and O–H groups in total. The van der Waals surface area contributed by atoms with Crippen molar-refractivity contribution in [3.05, 3.63) is 48.6 Å². The first-order valence-electron chi connectivity index (χ1n) is 8.20. The highest BCUT2D eigenvalue weighted by Gasteiger charge is 2.39. The average molecular weight is 316 g/mol. The summed E-state index contributed by atoms with van der Waals surface area (Å²) in [7, 11) is 0. The van der Waals surface area contributed by atoms with Crippen molar-refractivity contribution in [2.24, 2.45) is 0 Å². The van der Waals surface area contributed by atoms with E-state index in [2.05, 4.69) is 41.1 Å². The third-order valence-electron chi connectivity index (χ3n) is 3.98. The highest BCUT2D eigenvalue weighted by Crippen LogP contribution is 2.27. The van der Waals surface area contributed by atoms with Gasteiger partial charge in [0.2, 0.25) is 0 Å². The van der Waals surface area contributed by atoms with Crippen LogP contribution < -0.4 is 5.32 Å². The lowest BCUT2D eigenvalue weighted by molar-refractivity contribution is 0.0458. The molecule has 1 aliphatic heterocycles. The summed E-state index contributed by atoms with van der Waals surface area (Å²) in [6.45, 7) is 12.2. The molecule has 126 valence electrons. The number of ether oxygens (including phenoxy) is 1. The Balaban J connectivity index is 1.99. The summed E-state index contributed by atoms with van der Waals surface area (Å²) in [4.78, 5) is 14.5. The Morgan fingerprint density at radius 1 is 1.39 bits per heavy atom. The molecular weight excluding hydrogens is 288 g/mol. The Hall–Kier alpha value is -1.81. The number of nitrogens with zero attached hydrogens (tertiary/aromatic N) is 1. The summed E-state index contributed by atoms with van der Waals surface area (Å²) >= 11 is 0. The van der Waals surface area contributed by atoms with Gasteiger partial charge in [-0.1, -0.05) is 36.4 Å². The number of amides is 1. The van der Waals surface area contributed by atoms with Gasteiger partial charge in [-0.3, -0.25) is 4.90 Å². The predicted molar refractivity (Wildman–Crippen MR) is 93.3 cm³/mol. The maximum absolute atomic E-state index is 12.2. The summed E-state index contributed by atoms with van der Waals surface area (Å²) in [6, 6.07) is 10.4. The van der Waals surface area contributed by atoms with Gasteiger partial charge in [0.05, 0.1) is 5.54 Å². The number of alkyl carbamates (subject to hydrolysis) is 1. The Bertz CT molecular complexity index is 536. The van der Waals surface area contributed by atoms with Crippen molar-refractivity contribution in [3.8, 4) is 0 Å². The monoisotopic (exact) mass is 316 g/mol. The van der Waals surface area contributed by atoms with Crippen LogP contribution in [0.2, 0.25) is 0 Å². The van der Waals surface area contributed by atoms with Gasteiger partial charge in [-0.25, -0.2) is 4.79 Å². The van der Waals surface area contributed by atoms with Crippen molar-refractivity contribution in [2.45, 2.75) is 51.3 Å². The normalized spacial score (nSPS) is 21.9. The van der Waals surface area contributed by atoms with Crippen LogP contribution in [-0.4, -0.2) is 35.2 Å². The lowest BCUT2D eigenvalue weighted by Crippen LogP contribution is -2.51. The minimum absolute atomic E-state index is 0.279. The summed E-state index contributed by atoms with van der Waals surface area (Å²) in [6.07, 6.45) is 3.19. The van der Waals surface area contributed by atoms with Crippen LogP contribution in [-0.2, 0) is 11.3 Å². The highest BCUT2D eigenvalue weighted by molar-refractivity contribution is 5.69. The van der Waals surface area contributed by atoms with E-state index in [0.717, 1.165) is 32.5 Å². The number of hydrogen-bond donors (Lipinski definition) is 1. The van der Waals surface area contributed by atoms with Crippen LogP contribution in [0.15, 0.2) is 43.0 Å². The van der Waals surface area contributed by atoms with E-state index >= 15 is 0 Å². The van der Waals surface area contributed by atoms with Gasteiger partial charge >= 0.3 is 6.09 Å². The molecule has 0 bridgehead atoms. The Morgan fingerprint density at radius 3 is 2.70 bits per heavy atom. The molecule has 1 aliphatic rings. The van der Waals surface area contributed by atoms with E-state index < -0.39 is 5.60 Å². The molecule has 0 radical (unpaired) electrons. The number of nitrogens with one attached hydrogen (secondary N) is 1. The maximum atomic E-state index is 12.2.